The van der Waals surface area contributed by atoms with Crippen molar-refractivity contribution in [2.45, 2.75) is 45.2 Å². The maximum Gasteiger partial charge on any atom is 0.323 e. The monoisotopic (exact) mass is 501 g/mol. The number of anilines is 1. The van der Waals surface area contributed by atoms with Crippen LogP contribution in [0.2, 0.25) is 0 Å². The van der Waals surface area contributed by atoms with Crippen molar-refractivity contribution in [3.8, 4) is 10.8 Å². The molecule has 7 heteroatoms. The second-order valence-corrected chi connectivity index (χ2v) is 10.3. The van der Waals surface area contributed by atoms with Gasteiger partial charge in [0.1, 0.15) is 16.6 Å². The Labute approximate surface area is 214 Å². The summed E-state index contributed by atoms with van der Waals surface area (Å²) < 4.78 is 22.4. The van der Waals surface area contributed by atoms with Crippen LogP contribution in [-0.2, 0) is 19.4 Å². The molecule has 2 aliphatic rings. The summed E-state index contributed by atoms with van der Waals surface area (Å²) in [6.45, 7) is 2.87. The number of para-hydroxylation sites is 2. The van der Waals surface area contributed by atoms with Gasteiger partial charge >= 0.3 is 6.03 Å². The summed E-state index contributed by atoms with van der Waals surface area (Å²) in [6, 6.07) is 17.4. The standard InChI is InChI=1S/C29H28FN3O2S/c1-2-35-25-14-5-4-12-23(25)31-29(34)33-18-22-21-11-3-6-15-26(21)36-28(22)32-16-8-13-24(32)27(33)19-9-7-10-20(30)17-19/h4-5,7-10,12-14,16-17,27H,2-3,6,11,15,18H2,1H3,(H,31,34)/t27-/m1/s1. The highest BCUT2D eigenvalue weighted by molar-refractivity contribution is 7.15. The lowest BCUT2D eigenvalue weighted by molar-refractivity contribution is 0.194. The Kier molecular flexibility index (Phi) is 6.01. The second kappa shape index (κ2) is 9.47. The number of urea groups is 1. The van der Waals surface area contributed by atoms with E-state index in [-0.39, 0.29) is 11.8 Å². The van der Waals surface area contributed by atoms with Crippen LogP contribution in [-0.4, -0.2) is 22.1 Å². The van der Waals surface area contributed by atoms with Gasteiger partial charge in [0.05, 0.1) is 30.6 Å². The molecule has 0 bridgehead atoms. The van der Waals surface area contributed by atoms with Gasteiger partial charge in [-0.25, -0.2) is 9.18 Å². The van der Waals surface area contributed by atoms with Crippen LogP contribution in [0.5, 0.6) is 5.75 Å². The van der Waals surface area contributed by atoms with E-state index in [9.17, 15) is 9.18 Å². The third-order valence-electron chi connectivity index (χ3n) is 7.03. The van der Waals surface area contributed by atoms with Crippen molar-refractivity contribution in [2.24, 2.45) is 0 Å². The number of benzene rings is 2. The molecule has 1 N–H and O–H groups in total. The van der Waals surface area contributed by atoms with E-state index < -0.39 is 6.04 Å². The Morgan fingerprint density at radius 1 is 1.08 bits per heavy atom. The zero-order chi connectivity index (χ0) is 24.6. The summed E-state index contributed by atoms with van der Waals surface area (Å²) >= 11 is 1.84. The van der Waals surface area contributed by atoms with Crippen molar-refractivity contribution in [1.29, 1.82) is 0 Å². The number of aromatic nitrogens is 1. The van der Waals surface area contributed by atoms with E-state index in [1.54, 1.807) is 6.07 Å². The SMILES string of the molecule is CCOc1ccccc1NC(=O)N1Cc2c(sc3c2CCCC3)-n2cccc2[C@H]1c1cccc(F)c1. The van der Waals surface area contributed by atoms with Crippen LogP contribution in [0.25, 0.3) is 5.00 Å². The Morgan fingerprint density at radius 2 is 1.94 bits per heavy atom. The number of hydrogen-bond donors (Lipinski definition) is 1. The van der Waals surface area contributed by atoms with Gasteiger partial charge in [-0.2, -0.15) is 0 Å². The summed E-state index contributed by atoms with van der Waals surface area (Å²) in [7, 11) is 0. The fraction of sp³-hybridized carbons (Fsp3) is 0.276. The van der Waals surface area contributed by atoms with E-state index in [2.05, 4.69) is 16.1 Å². The summed E-state index contributed by atoms with van der Waals surface area (Å²) in [4.78, 5) is 17.3. The molecule has 6 rings (SSSR count). The number of nitrogens with zero attached hydrogens (tertiary/aromatic N) is 2. The largest absolute Gasteiger partial charge is 0.492 e. The van der Waals surface area contributed by atoms with Crippen LogP contribution < -0.4 is 10.1 Å². The van der Waals surface area contributed by atoms with E-state index >= 15 is 0 Å². The van der Waals surface area contributed by atoms with Crippen molar-refractivity contribution in [2.75, 3.05) is 11.9 Å². The molecule has 1 atom stereocenters. The lowest BCUT2D eigenvalue weighted by Crippen LogP contribution is -2.38. The van der Waals surface area contributed by atoms with Crippen molar-refractivity contribution >= 4 is 23.1 Å². The van der Waals surface area contributed by atoms with E-state index in [4.69, 9.17) is 4.74 Å². The summed E-state index contributed by atoms with van der Waals surface area (Å²) in [5.74, 6) is 0.312. The first-order valence-corrected chi connectivity index (χ1v) is 13.3. The lowest BCUT2D eigenvalue weighted by Gasteiger charge is -2.31. The first-order valence-electron chi connectivity index (χ1n) is 12.5. The first-order chi connectivity index (χ1) is 17.6. The second-order valence-electron chi connectivity index (χ2n) is 9.24. The molecule has 0 fully saturated rings. The number of thiophene rings is 1. The molecule has 0 spiro atoms. The normalized spacial score (nSPS) is 16.5. The van der Waals surface area contributed by atoms with Crippen LogP contribution in [0.1, 0.15) is 53.1 Å². The van der Waals surface area contributed by atoms with Gasteiger partial charge in [0, 0.05) is 16.6 Å². The summed E-state index contributed by atoms with van der Waals surface area (Å²) in [5.41, 5.74) is 4.90. The predicted molar refractivity (Wildman–Crippen MR) is 141 cm³/mol. The molecule has 0 saturated carbocycles. The number of halogens is 1. The Balaban J connectivity index is 1.49. The van der Waals surface area contributed by atoms with Gasteiger partial charge in [0.25, 0.3) is 0 Å². The highest BCUT2D eigenvalue weighted by Gasteiger charge is 2.36. The van der Waals surface area contributed by atoms with E-state index in [0.717, 1.165) is 30.5 Å². The van der Waals surface area contributed by atoms with Gasteiger partial charge in [-0.05, 0) is 80.1 Å². The van der Waals surface area contributed by atoms with Crippen LogP contribution in [0, 0.1) is 5.82 Å². The predicted octanol–water partition coefficient (Wildman–Crippen LogP) is 7.09. The molecule has 0 unspecified atom stereocenters. The van der Waals surface area contributed by atoms with Gasteiger partial charge in [0.15, 0.2) is 0 Å². The molecular weight excluding hydrogens is 473 g/mol. The molecular formula is C29H28FN3O2S. The van der Waals surface area contributed by atoms with E-state index in [1.165, 1.54) is 39.6 Å². The Hall–Kier alpha value is -3.58. The molecule has 3 heterocycles. The molecule has 2 amide bonds. The molecule has 0 saturated heterocycles. The molecule has 184 valence electrons. The van der Waals surface area contributed by atoms with Crippen LogP contribution >= 0.6 is 11.3 Å². The smallest absolute Gasteiger partial charge is 0.323 e. The first kappa shape index (κ1) is 22.9. The minimum Gasteiger partial charge on any atom is -0.492 e. The Bertz CT molecular complexity index is 1430. The van der Waals surface area contributed by atoms with Gasteiger partial charge in [-0.1, -0.05) is 24.3 Å². The summed E-state index contributed by atoms with van der Waals surface area (Å²) in [5, 5.41) is 4.27. The number of carbonyl (C=O) groups is 1. The number of amides is 2. The third kappa shape index (κ3) is 3.97. The van der Waals surface area contributed by atoms with Crippen LogP contribution in [0.15, 0.2) is 66.9 Å². The Morgan fingerprint density at radius 3 is 2.81 bits per heavy atom. The molecule has 1 aliphatic carbocycles. The van der Waals surface area contributed by atoms with Gasteiger partial charge in [-0.3, -0.25) is 0 Å². The maximum absolute atomic E-state index is 14.4. The van der Waals surface area contributed by atoms with Crippen molar-refractivity contribution in [3.05, 3.63) is 99.9 Å². The van der Waals surface area contributed by atoms with Crippen LogP contribution in [0.3, 0.4) is 0 Å². The van der Waals surface area contributed by atoms with Gasteiger partial charge in [-0.15, -0.1) is 11.3 Å². The summed E-state index contributed by atoms with van der Waals surface area (Å²) in [6.07, 6.45) is 6.55. The highest BCUT2D eigenvalue weighted by Crippen LogP contribution is 2.44. The number of nitrogens with one attached hydrogen (secondary N) is 1. The number of carbonyl (C=O) groups excluding carboxylic acids is 1. The zero-order valence-electron chi connectivity index (χ0n) is 20.2. The number of aryl methyl sites for hydroxylation is 1. The zero-order valence-corrected chi connectivity index (χ0v) is 21.0. The molecule has 4 aromatic rings. The van der Waals surface area contributed by atoms with Crippen molar-refractivity contribution < 1.29 is 13.9 Å². The highest BCUT2D eigenvalue weighted by atomic mass is 32.1. The van der Waals surface area contributed by atoms with Gasteiger partial charge in [0.2, 0.25) is 0 Å². The number of fused-ring (bicyclic) bond motifs is 5. The lowest BCUT2D eigenvalue weighted by atomic mass is 9.95. The minimum atomic E-state index is -0.450. The van der Waals surface area contributed by atoms with Gasteiger partial charge < -0.3 is 19.5 Å². The fourth-order valence-electron chi connectivity index (χ4n) is 5.45. The molecule has 2 aromatic heterocycles. The van der Waals surface area contributed by atoms with Crippen LogP contribution in [0.4, 0.5) is 14.9 Å². The average Bonchev–Trinajstić information content (AvgIpc) is 3.47. The minimum absolute atomic E-state index is 0.243. The van der Waals surface area contributed by atoms with E-state index in [0.29, 0.717) is 24.6 Å². The third-order valence-corrected chi connectivity index (χ3v) is 8.37. The van der Waals surface area contributed by atoms with Crippen molar-refractivity contribution in [3.63, 3.8) is 0 Å². The molecule has 1 aliphatic heterocycles. The van der Waals surface area contributed by atoms with Crippen molar-refractivity contribution in [1.82, 2.24) is 9.47 Å². The molecule has 0 radical (unpaired) electrons. The fourth-order valence-corrected chi connectivity index (χ4v) is 6.86. The van der Waals surface area contributed by atoms with E-state index in [1.807, 2.05) is 65.6 Å². The number of ether oxygens (including phenoxy) is 1. The molecule has 36 heavy (non-hydrogen) atoms. The molecule has 2 aromatic carbocycles. The maximum atomic E-state index is 14.4. The molecule has 5 nitrogen and oxygen atoms in total. The number of rotatable bonds is 4. The topological polar surface area (TPSA) is 46.5 Å². The quantitative estimate of drug-likeness (QED) is 0.324. The number of hydrogen-bond acceptors (Lipinski definition) is 3. The average molecular weight is 502 g/mol.